The van der Waals surface area contributed by atoms with Crippen LogP contribution in [0.1, 0.15) is 51.0 Å². The minimum atomic E-state index is -0.881. The molecular formula is C21H26F2O. The first-order chi connectivity index (χ1) is 11.7. The number of hydrogen-bond acceptors (Lipinski definition) is 1. The number of allylic oxidation sites excluding steroid dienone is 5. The summed E-state index contributed by atoms with van der Waals surface area (Å²) in [6.45, 7) is 6.02. The molecule has 0 spiro atoms. The molecule has 2 rings (SSSR count). The summed E-state index contributed by atoms with van der Waals surface area (Å²) in [5.41, 5.74) is 1.26. The maximum Gasteiger partial charge on any atom is 0.201 e. The van der Waals surface area contributed by atoms with E-state index in [-0.39, 0.29) is 5.75 Å². The number of hydrogen-bond donors (Lipinski definition) is 0. The fourth-order valence-corrected chi connectivity index (χ4v) is 2.88. The quantitative estimate of drug-likeness (QED) is 0.392. The van der Waals surface area contributed by atoms with Gasteiger partial charge in [0.1, 0.15) is 0 Å². The summed E-state index contributed by atoms with van der Waals surface area (Å²) in [5, 5.41) is 0. The van der Waals surface area contributed by atoms with E-state index in [1.165, 1.54) is 6.07 Å². The van der Waals surface area contributed by atoms with Crippen molar-refractivity contribution in [3.05, 3.63) is 60.2 Å². The summed E-state index contributed by atoms with van der Waals surface area (Å²) >= 11 is 0. The SMILES string of the molecule is C=CCCC=CC1CC=C(c2ccc(OCCC)c(F)c2F)CC1. The Morgan fingerprint density at radius 1 is 1.25 bits per heavy atom. The molecule has 1 aromatic carbocycles. The third kappa shape index (κ3) is 4.80. The average molecular weight is 332 g/mol. The molecule has 1 aliphatic rings. The molecule has 0 radical (unpaired) electrons. The van der Waals surface area contributed by atoms with Crippen LogP contribution in [0, 0.1) is 17.6 Å². The highest BCUT2D eigenvalue weighted by Crippen LogP contribution is 2.34. The molecule has 0 fully saturated rings. The van der Waals surface area contributed by atoms with Crippen LogP contribution in [0.15, 0.2) is 43.0 Å². The highest BCUT2D eigenvalue weighted by atomic mass is 19.2. The molecular weight excluding hydrogens is 306 g/mol. The monoisotopic (exact) mass is 332 g/mol. The Bertz CT molecular complexity index is 617. The topological polar surface area (TPSA) is 9.23 Å². The van der Waals surface area contributed by atoms with E-state index < -0.39 is 11.6 Å². The molecule has 0 aromatic heterocycles. The van der Waals surface area contributed by atoms with Gasteiger partial charge in [0.15, 0.2) is 11.6 Å². The normalized spacial score (nSPS) is 17.8. The van der Waals surface area contributed by atoms with Crippen LogP contribution in [-0.4, -0.2) is 6.61 Å². The van der Waals surface area contributed by atoms with Crippen LogP contribution in [0.4, 0.5) is 8.78 Å². The van der Waals surface area contributed by atoms with E-state index in [1.54, 1.807) is 6.07 Å². The van der Waals surface area contributed by atoms with Crippen LogP contribution < -0.4 is 4.74 Å². The first-order valence-electron chi connectivity index (χ1n) is 8.75. The second-order valence-electron chi connectivity index (χ2n) is 6.15. The number of ether oxygens (including phenoxy) is 1. The zero-order chi connectivity index (χ0) is 17.4. The molecule has 1 unspecified atom stereocenters. The van der Waals surface area contributed by atoms with E-state index in [4.69, 9.17) is 4.74 Å². The Kier molecular flexibility index (Phi) is 7.23. The predicted molar refractivity (Wildman–Crippen MR) is 96.0 cm³/mol. The van der Waals surface area contributed by atoms with Crippen molar-refractivity contribution in [3.8, 4) is 5.75 Å². The lowest BCUT2D eigenvalue weighted by molar-refractivity contribution is 0.295. The van der Waals surface area contributed by atoms with E-state index in [0.29, 0.717) is 18.1 Å². The van der Waals surface area contributed by atoms with Crippen molar-refractivity contribution in [2.45, 2.75) is 45.4 Å². The van der Waals surface area contributed by atoms with Gasteiger partial charge in [-0.2, -0.15) is 4.39 Å². The number of halogens is 2. The summed E-state index contributed by atoms with van der Waals surface area (Å²) in [5.74, 6) is -1.20. The van der Waals surface area contributed by atoms with Gasteiger partial charge in [-0.15, -0.1) is 6.58 Å². The van der Waals surface area contributed by atoms with Crippen molar-refractivity contribution in [1.29, 1.82) is 0 Å². The van der Waals surface area contributed by atoms with Crippen molar-refractivity contribution in [2.75, 3.05) is 6.61 Å². The maximum absolute atomic E-state index is 14.3. The molecule has 0 saturated carbocycles. The van der Waals surface area contributed by atoms with Gasteiger partial charge in [-0.3, -0.25) is 0 Å². The molecule has 0 aliphatic heterocycles. The number of rotatable bonds is 8. The third-order valence-electron chi connectivity index (χ3n) is 4.25. The van der Waals surface area contributed by atoms with Crippen LogP contribution in [0.3, 0.4) is 0 Å². The molecule has 1 aliphatic carbocycles. The van der Waals surface area contributed by atoms with Gasteiger partial charge in [0.2, 0.25) is 5.82 Å². The molecule has 1 aromatic rings. The molecule has 0 saturated heterocycles. The van der Waals surface area contributed by atoms with E-state index in [2.05, 4.69) is 18.7 Å². The Morgan fingerprint density at radius 3 is 2.75 bits per heavy atom. The molecule has 1 nitrogen and oxygen atoms in total. The van der Waals surface area contributed by atoms with Crippen molar-refractivity contribution < 1.29 is 13.5 Å². The summed E-state index contributed by atoms with van der Waals surface area (Å²) in [6.07, 6.45) is 13.7. The van der Waals surface area contributed by atoms with Crippen LogP contribution in [0.5, 0.6) is 5.75 Å². The second-order valence-corrected chi connectivity index (χ2v) is 6.15. The molecule has 3 heteroatoms. The Morgan fingerprint density at radius 2 is 2.08 bits per heavy atom. The Labute approximate surface area is 143 Å². The number of unbranched alkanes of at least 4 members (excludes halogenated alkanes) is 1. The second kappa shape index (κ2) is 9.41. The largest absolute Gasteiger partial charge is 0.490 e. The molecule has 0 N–H and O–H groups in total. The van der Waals surface area contributed by atoms with Crippen LogP contribution in [-0.2, 0) is 0 Å². The lowest BCUT2D eigenvalue weighted by Crippen LogP contribution is -2.06. The van der Waals surface area contributed by atoms with Gasteiger partial charge >= 0.3 is 0 Å². The van der Waals surface area contributed by atoms with Crippen LogP contribution in [0.2, 0.25) is 0 Å². The fourth-order valence-electron chi connectivity index (χ4n) is 2.88. The fraction of sp³-hybridized carbons (Fsp3) is 0.429. The van der Waals surface area contributed by atoms with E-state index in [9.17, 15) is 8.78 Å². The smallest absolute Gasteiger partial charge is 0.201 e. The van der Waals surface area contributed by atoms with E-state index in [0.717, 1.165) is 44.1 Å². The molecule has 24 heavy (non-hydrogen) atoms. The van der Waals surface area contributed by atoms with Crippen molar-refractivity contribution >= 4 is 5.57 Å². The molecule has 1 atom stereocenters. The highest BCUT2D eigenvalue weighted by Gasteiger charge is 2.20. The standard InChI is InChI=1S/C21H26F2O/c1-3-5-6-7-8-16-9-11-17(12-10-16)18-13-14-19(24-15-4-2)21(23)20(18)22/h3,7-8,11,13-14,16H,1,4-6,9-10,12,15H2,2H3. The summed E-state index contributed by atoms with van der Waals surface area (Å²) < 4.78 is 33.7. The zero-order valence-corrected chi connectivity index (χ0v) is 14.4. The highest BCUT2D eigenvalue weighted by molar-refractivity contribution is 5.67. The van der Waals surface area contributed by atoms with Gasteiger partial charge in [0, 0.05) is 5.56 Å². The summed E-state index contributed by atoms with van der Waals surface area (Å²) in [4.78, 5) is 0. The van der Waals surface area contributed by atoms with Gasteiger partial charge in [0.05, 0.1) is 6.61 Å². The first kappa shape index (κ1) is 18.4. The van der Waals surface area contributed by atoms with Crippen molar-refractivity contribution in [2.24, 2.45) is 5.92 Å². The van der Waals surface area contributed by atoms with Gasteiger partial charge in [-0.05, 0) is 62.1 Å². The van der Waals surface area contributed by atoms with Gasteiger partial charge in [0.25, 0.3) is 0 Å². The summed E-state index contributed by atoms with van der Waals surface area (Å²) in [7, 11) is 0. The molecule has 0 amide bonds. The molecule has 0 heterocycles. The minimum absolute atomic E-state index is 0.00228. The van der Waals surface area contributed by atoms with Gasteiger partial charge in [-0.1, -0.05) is 31.2 Å². The summed E-state index contributed by atoms with van der Waals surface area (Å²) in [6, 6.07) is 3.17. The lowest BCUT2D eigenvalue weighted by atomic mass is 9.86. The van der Waals surface area contributed by atoms with Crippen molar-refractivity contribution in [3.63, 3.8) is 0 Å². The molecule has 0 bridgehead atoms. The van der Waals surface area contributed by atoms with E-state index >= 15 is 0 Å². The average Bonchev–Trinajstić information content (AvgIpc) is 2.61. The van der Waals surface area contributed by atoms with Crippen LogP contribution in [0.25, 0.3) is 5.57 Å². The minimum Gasteiger partial charge on any atom is -0.490 e. The van der Waals surface area contributed by atoms with Gasteiger partial charge in [-0.25, -0.2) is 4.39 Å². The maximum atomic E-state index is 14.3. The van der Waals surface area contributed by atoms with Crippen LogP contribution >= 0.6 is 0 Å². The third-order valence-corrected chi connectivity index (χ3v) is 4.25. The van der Waals surface area contributed by atoms with Crippen molar-refractivity contribution in [1.82, 2.24) is 0 Å². The predicted octanol–water partition coefficient (Wildman–Crippen LogP) is 6.46. The first-order valence-corrected chi connectivity index (χ1v) is 8.75. The zero-order valence-electron chi connectivity index (χ0n) is 14.4. The van der Waals surface area contributed by atoms with Gasteiger partial charge < -0.3 is 4.74 Å². The Hall–Kier alpha value is -1.90. The van der Waals surface area contributed by atoms with E-state index in [1.807, 2.05) is 19.1 Å². The molecule has 130 valence electrons. The Balaban J connectivity index is 2.04. The lowest BCUT2D eigenvalue weighted by Gasteiger charge is -2.20. The number of benzene rings is 1.